The Kier molecular flexibility index (Phi) is 4.18. The molecule has 0 amide bonds. The summed E-state index contributed by atoms with van der Waals surface area (Å²) in [6.07, 6.45) is 3.64. The quantitative estimate of drug-likeness (QED) is 0.743. The van der Waals surface area contributed by atoms with Gasteiger partial charge in [-0.3, -0.25) is 0 Å². The highest BCUT2D eigenvalue weighted by Gasteiger charge is 2.31. The van der Waals surface area contributed by atoms with Crippen molar-refractivity contribution in [1.29, 1.82) is 0 Å². The lowest BCUT2D eigenvalue weighted by molar-refractivity contribution is -0.112. The number of hydrogen-bond acceptors (Lipinski definition) is 2. The SMILES string of the molecule is CCC1CCN(CC(C)(C=O)c2ccccc2)C1. The molecule has 0 radical (unpaired) electrons. The van der Waals surface area contributed by atoms with Crippen molar-refractivity contribution in [3.05, 3.63) is 35.9 Å². The van der Waals surface area contributed by atoms with E-state index >= 15 is 0 Å². The fourth-order valence-corrected chi connectivity index (χ4v) is 2.87. The van der Waals surface area contributed by atoms with Crippen molar-refractivity contribution in [3.63, 3.8) is 0 Å². The van der Waals surface area contributed by atoms with Crippen molar-refractivity contribution < 1.29 is 4.79 Å². The molecule has 18 heavy (non-hydrogen) atoms. The molecule has 0 saturated carbocycles. The van der Waals surface area contributed by atoms with Crippen LogP contribution in [-0.4, -0.2) is 30.8 Å². The van der Waals surface area contributed by atoms with Gasteiger partial charge in [-0.2, -0.15) is 0 Å². The van der Waals surface area contributed by atoms with Crippen molar-refractivity contribution in [2.24, 2.45) is 5.92 Å². The summed E-state index contributed by atoms with van der Waals surface area (Å²) >= 11 is 0. The lowest BCUT2D eigenvalue weighted by Crippen LogP contribution is -2.39. The third-order valence-electron chi connectivity index (χ3n) is 4.19. The van der Waals surface area contributed by atoms with Crippen molar-refractivity contribution in [3.8, 4) is 0 Å². The van der Waals surface area contributed by atoms with Crippen LogP contribution in [0.15, 0.2) is 30.3 Å². The first-order chi connectivity index (χ1) is 8.68. The topological polar surface area (TPSA) is 20.3 Å². The number of carbonyl (C=O) groups is 1. The van der Waals surface area contributed by atoms with Gasteiger partial charge in [0, 0.05) is 13.1 Å². The molecule has 2 unspecified atom stereocenters. The number of nitrogens with zero attached hydrogens (tertiary/aromatic N) is 1. The van der Waals surface area contributed by atoms with Gasteiger partial charge in [0.2, 0.25) is 0 Å². The molecule has 0 N–H and O–H groups in total. The minimum absolute atomic E-state index is 0.371. The second kappa shape index (κ2) is 5.66. The summed E-state index contributed by atoms with van der Waals surface area (Å²) in [6, 6.07) is 10.1. The first-order valence-electron chi connectivity index (χ1n) is 6.92. The molecular weight excluding hydrogens is 222 g/mol. The van der Waals surface area contributed by atoms with E-state index in [1.807, 2.05) is 18.2 Å². The zero-order valence-electron chi connectivity index (χ0n) is 11.4. The van der Waals surface area contributed by atoms with E-state index in [0.717, 1.165) is 37.4 Å². The number of benzene rings is 1. The molecule has 0 spiro atoms. The van der Waals surface area contributed by atoms with E-state index in [4.69, 9.17) is 0 Å². The van der Waals surface area contributed by atoms with Crippen LogP contribution in [0.25, 0.3) is 0 Å². The summed E-state index contributed by atoms with van der Waals surface area (Å²) in [5, 5.41) is 0. The minimum Gasteiger partial charge on any atom is -0.302 e. The van der Waals surface area contributed by atoms with Gasteiger partial charge in [-0.05, 0) is 31.4 Å². The van der Waals surface area contributed by atoms with Gasteiger partial charge >= 0.3 is 0 Å². The van der Waals surface area contributed by atoms with Crippen LogP contribution in [0.4, 0.5) is 0 Å². The van der Waals surface area contributed by atoms with Crippen LogP contribution in [0.3, 0.4) is 0 Å². The minimum atomic E-state index is -0.371. The average molecular weight is 245 g/mol. The number of carbonyl (C=O) groups excluding carboxylic acids is 1. The van der Waals surface area contributed by atoms with Gasteiger partial charge in [-0.1, -0.05) is 43.7 Å². The third kappa shape index (κ3) is 2.81. The van der Waals surface area contributed by atoms with Gasteiger partial charge in [0.05, 0.1) is 5.41 Å². The fourth-order valence-electron chi connectivity index (χ4n) is 2.87. The van der Waals surface area contributed by atoms with E-state index in [-0.39, 0.29) is 5.41 Å². The molecule has 1 aromatic carbocycles. The molecule has 0 aromatic heterocycles. The molecule has 2 rings (SSSR count). The number of hydrogen-bond donors (Lipinski definition) is 0. The van der Waals surface area contributed by atoms with Crippen LogP contribution < -0.4 is 0 Å². The molecular formula is C16H23NO. The predicted molar refractivity (Wildman–Crippen MR) is 74.7 cm³/mol. The van der Waals surface area contributed by atoms with E-state index in [2.05, 4.69) is 30.9 Å². The first kappa shape index (κ1) is 13.3. The summed E-state index contributed by atoms with van der Waals surface area (Å²) in [6.45, 7) is 7.43. The highest BCUT2D eigenvalue weighted by Crippen LogP contribution is 2.26. The molecule has 2 heteroatoms. The van der Waals surface area contributed by atoms with Crippen molar-refractivity contribution in [2.45, 2.75) is 32.1 Å². The van der Waals surface area contributed by atoms with Crippen LogP contribution in [0.5, 0.6) is 0 Å². The summed E-state index contributed by atoms with van der Waals surface area (Å²) < 4.78 is 0. The Morgan fingerprint density at radius 1 is 1.39 bits per heavy atom. The zero-order valence-corrected chi connectivity index (χ0v) is 11.4. The summed E-state index contributed by atoms with van der Waals surface area (Å²) in [5.74, 6) is 0.816. The average Bonchev–Trinajstić information content (AvgIpc) is 2.87. The Morgan fingerprint density at radius 3 is 2.67 bits per heavy atom. The molecule has 2 nitrogen and oxygen atoms in total. The molecule has 0 bridgehead atoms. The lowest BCUT2D eigenvalue weighted by Gasteiger charge is -2.29. The van der Waals surface area contributed by atoms with E-state index in [1.54, 1.807) is 0 Å². The highest BCUT2D eigenvalue weighted by molar-refractivity contribution is 5.68. The summed E-state index contributed by atoms with van der Waals surface area (Å²) in [7, 11) is 0. The predicted octanol–water partition coefficient (Wildman–Crippen LogP) is 2.88. The maximum absolute atomic E-state index is 11.5. The molecule has 1 aliphatic rings. The monoisotopic (exact) mass is 245 g/mol. The second-order valence-corrected chi connectivity index (χ2v) is 5.70. The van der Waals surface area contributed by atoms with Crippen LogP contribution in [-0.2, 0) is 10.2 Å². The van der Waals surface area contributed by atoms with E-state index in [1.165, 1.54) is 12.8 Å². The zero-order chi connectivity index (χ0) is 13.0. The third-order valence-corrected chi connectivity index (χ3v) is 4.19. The number of aldehydes is 1. The molecule has 1 aromatic rings. The van der Waals surface area contributed by atoms with E-state index in [9.17, 15) is 4.79 Å². The maximum Gasteiger partial charge on any atom is 0.131 e. The lowest BCUT2D eigenvalue weighted by atomic mass is 9.83. The molecule has 98 valence electrons. The molecule has 2 atom stereocenters. The van der Waals surface area contributed by atoms with Crippen LogP contribution >= 0.6 is 0 Å². The summed E-state index contributed by atoms with van der Waals surface area (Å²) in [4.78, 5) is 14.0. The Morgan fingerprint density at radius 2 is 2.11 bits per heavy atom. The van der Waals surface area contributed by atoms with Crippen molar-refractivity contribution in [1.82, 2.24) is 4.90 Å². The van der Waals surface area contributed by atoms with Gasteiger partial charge in [0.25, 0.3) is 0 Å². The van der Waals surface area contributed by atoms with Gasteiger partial charge in [-0.15, -0.1) is 0 Å². The molecule has 1 aliphatic heterocycles. The van der Waals surface area contributed by atoms with Crippen LogP contribution in [0.1, 0.15) is 32.3 Å². The van der Waals surface area contributed by atoms with Crippen molar-refractivity contribution >= 4 is 6.29 Å². The van der Waals surface area contributed by atoms with Gasteiger partial charge in [0.1, 0.15) is 6.29 Å². The van der Waals surface area contributed by atoms with Gasteiger partial charge in [0.15, 0.2) is 0 Å². The Bertz CT molecular complexity index is 389. The van der Waals surface area contributed by atoms with Gasteiger partial charge < -0.3 is 9.69 Å². The largest absolute Gasteiger partial charge is 0.302 e. The second-order valence-electron chi connectivity index (χ2n) is 5.70. The van der Waals surface area contributed by atoms with E-state index in [0.29, 0.717) is 0 Å². The smallest absolute Gasteiger partial charge is 0.131 e. The number of rotatable bonds is 5. The Balaban J connectivity index is 2.07. The standard InChI is InChI=1S/C16H23NO/c1-3-14-9-10-17(11-14)12-16(2,13-18)15-7-5-4-6-8-15/h4-8,13-14H,3,9-12H2,1-2H3. The molecule has 1 fully saturated rings. The fraction of sp³-hybridized carbons (Fsp3) is 0.562. The Hall–Kier alpha value is -1.15. The van der Waals surface area contributed by atoms with Crippen molar-refractivity contribution in [2.75, 3.05) is 19.6 Å². The molecule has 1 saturated heterocycles. The highest BCUT2D eigenvalue weighted by atomic mass is 16.1. The first-order valence-corrected chi connectivity index (χ1v) is 6.92. The normalized spacial score (nSPS) is 23.8. The summed E-state index contributed by atoms with van der Waals surface area (Å²) in [5.41, 5.74) is 0.754. The molecule has 1 heterocycles. The van der Waals surface area contributed by atoms with Crippen LogP contribution in [0, 0.1) is 5.92 Å². The van der Waals surface area contributed by atoms with Gasteiger partial charge in [-0.25, -0.2) is 0 Å². The number of likely N-dealkylation sites (tertiary alicyclic amines) is 1. The Labute approximate surface area is 110 Å². The maximum atomic E-state index is 11.5. The van der Waals surface area contributed by atoms with Crippen LogP contribution in [0.2, 0.25) is 0 Å². The molecule has 0 aliphatic carbocycles. The van der Waals surface area contributed by atoms with E-state index < -0.39 is 0 Å².